The maximum atomic E-state index is 6.25. The van der Waals surface area contributed by atoms with Crippen molar-refractivity contribution in [2.24, 2.45) is 17.8 Å². The summed E-state index contributed by atoms with van der Waals surface area (Å²) in [5.41, 5.74) is 3.50. The predicted octanol–water partition coefficient (Wildman–Crippen LogP) is 3.70. The van der Waals surface area contributed by atoms with Crippen molar-refractivity contribution in [2.75, 3.05) is 7.11 Å². The highest BCUT2D eigenvalue weighted by molar-refractivity contribution is 5.48. The van der Waals surface area contributed by atoms with Gasteiger partial charge >= 0.3 is 0 Å². The maximum absolute atomic E-state index is 6.25. The molecule has 18 heavy (non-hydrogen) atoms. The Labute approximate surface area is 109 Å². The second kappa shape index (κ2) is 3.01. The summed E-state index contributed by atoms with van der Waals surface area (Å²) in [4.78, 5) is 0. The molecule has 0 amide bonds. The molecule has 3 saturated carbocycles. The van der Waals surface area contributed by atoms with Gasteiger partial charge in [-0.2, -0.15) is 0 Å². The van der Waals surface area contributed by atoms with E-state index in [1.165, 1.54) is 25.7 Å². The first kappa shape index (κ1) is 10.0. The van der Waals surface area contributed by atoms with E-state index >= 15 is 0 Å². The highest BCUT2D eigenvalue weighted by Gasteiger charge is 2.70. The summed E-state index contributed by atoms with van der Waals surface area (Å²) >= 11 is 0. The molecule has 4 bridgehead atoms. The molecule has 0 N–H and O–H groups in total. The molecule has 1 aromatic rings. The van der Waals surface area contributed by atoms with Gasteiger partial charge in [0.25, 0.3) is 0 Å². The van der Waals surface area contributed by atoms with Gasteiger partial charge in [-0.1, -0.05) is 24.3 Å². The van der Waals surface area contributed by atoms with E-state index in [1.54, 1.807) is 11.1 Å². The van der Waals surface area contributed by atoms with Crippen LogP contribution >= 0.6 is 0 Å². The minimum absolute atomic E-state index is 0.224. The van der Waals surface area contributed by atoms with Gasteiger partial charge in [0.15, 0.2) is 0 Å². The lowest BCUT2D eigenvalue weighted by molar-refractivity contribution is -0.0949. The Kier molecular flexibility index (Phi) is 1.68. The standard InChI is InChI=1S/C17H20O/c1-18-17-11-7-6-10(8-11)16(17)14-9-15(17)13-5-3-2-4-12(13)14/h2-5,10-11,14-16H,6-9H2,1H3/t10-,11-,14-,15-,16+,17+/m0/s1. The van der Waals surface area contributed by atoms with Gasteiger partial charge in [0.05, 0.1) is 5.60 Å². The van der Waals surface area contributed by atoms with E-state index in [9.17, 15) is 0 Å². The Morgan fingerprint density at radius 2 is 1.94 bits per heavy atom. The molecule has 1 nitrogen and oxygen atoms in total. The summed E-state index contributed by atoms with van der Waals surface area (Å²) in [6, 6.07) is 9.18. The van der Waals surface area contributed by atoms with E-state index in [1.807, 2.05) is 7.11 Å². The summed E-state index contributed by atoms with van der Waals surface area (Å²) in [6.07, 6.45) is 5.69. The second-order valence-corrected chi connectivity index (χ2v) is 6.88. The average molecular weight is 240 g/mol. The van der Waals surface area contributed by atoms with E-state index < -0.39 is 0 Å². The van der Waals surface area contributed by atoms with Gasteiger partial charge < -0.3 is 4.74 Å². The number of ether oxygens (including phenoxy) is 1. The molecular weight excluding hydrogens is 220 g/mol. The Hall–Kier alpha value is -0.820. The van der Waals surface area contributed by atoms with Crippen molar-refractivity contribution in [3.05, 3.63) is 35.4 Å². The van der Waals surface area contributed by atoms with Crippen molar-refractivity contribution < 1.29 is 4.74 Å². The number of hydrogen-bond acceptors (Lipinski definition) is 1. The van der Waals surface area contributed by atoms with Gasteiger partial charge in [-0.05, 0) is 60.5 Å². The van der Waals surface area contributed by atoms with Crippen molar-refractivity contribution in [2.45, 2.75) is 43.1 Å². The van der Waals surface area contributed by atoms with E-state index in [0.29, 0.717) is 5.92 Å². The largest absolute Gasteiger partial charge is 0.377 e. The van der Waals surface area contributed by atoms with Crippen molar-refractivity contribution in [3.63, 3.8) is 0 Å². The minimum Gasteiger partial charge on any atom is -0.377 e. The molecule has 0 unspecified atom stereocenters. The van der Waals surface area contributed by atoms with Crippen LogP contribution in [0.25, 0.3) is 0 Å². The maximum Gasteiger partial charge on any atom is 0.0811 e. The third-order valence-electron chi connectivity index (χ3n) is 6.73. The molecule has 0 heterocycles. The zero-order valence-electron chi connectivity index (χ0n) is 10.9. The molecule has 6 atom stereocenters. The summed E-state index contributed by atoms with van der Waals surface area (Å²) in [5, 5.41) is 0. The predicted molar refractivity (Wildman–Crippen MR) is 70.6 cm³/mol. The fourth-order valence-electron chi connectivity index (χ4n) is 6.44. The minimum atomic E-state index is 0.224. The molecule has 5 rings (SSSR count). The SMILES string of the molecule is CO[C@@]12[C@H]3CC[C@@H](C3)[C@@H]1[C@H]1C[C@H]2c2ccccc21. The first-order valence-electron chi connectivity index (χ1n) is 7.50. The van der Waals surface area contributed by atoms with Crippen LogP contribution in [0, 0.1) is 17.8 Å². The zero-order chi connectivity index (χ0) is 11.9. The normalized spacial score (nSPS) is 50.6. The number of hydrogen-bond donors (Lipinski definition) is 0. The van der Waals surface area contributed by atoms with E-state index in [-0.39, 0.29) is 5.60 Å². The molecule has 1 heteroatoms. The average Bonchev–Trinajstić information content (AvgIpc) is 3.15. The summed E-state index contributed by atoms with van der Waals surface area (Å²) in [7, 11) is 1.98. The second-order valence-electron chi connectivity index (χ2n) is 6.88. The van der Waals surface area contributed by atoms with Gasteiger partial charge in [0.1, 0.15) is 0 Å². The van der Waals surface area contributed by atoms with Gasteiger partial charge in [-0.15, -0.1) is 0 Å². The molecule has 1 aromatic carbocycles. The van der Waals surface area contributed by atoms with Crippen LogP contribution in [0.5, 0.6) is 0 Å². The fraction of sp³-hybridized carbons (Fsp3) is 0.647. The van der Waals surface area contributed by atoms with Gasteiger partial charge in [-0.3, -0.25) is 0 Å². The molecule has 0 spiro atoms. The Morgan fingerprint density at radius 3 is 2.78 bits per heavy atom. The van der Waals surface area contributed by atoms with Crippen LogP contribution in [-0.4, -0.2) is 12.7 Å². The number of rotatable bonds is 1. The first-order chi connectivity index (χ1) is 8.86. The molecule has 0 radical (unpaired) electrons. The van der Waals surface area contributed by atoms with E-state index in [2.05, 4.69) is 24.3 Å². The lowest BCUT2D eigenvalue weighted by atomic mass is 9.65. The van der Waals surface area contributed by atoms with Crippen LogP contribution in [-0.2, 0) is 4.74 Å². The Morgan fingerprint density at radius 1 is 1.11 bits per heavy atom. The van der Waals surface area contributed by atoms with E-state index in [4.69, 9.17) is 4.74 Å². The monoisotopic (exact) mass is 240 g/mol. The third kappa shape index (κ3) is 0.843. The molecule has 0 aromatic heterocycles. The van der Waals surface area contributed by atoms with Crippen LogP contribution in [0.4, 0.5) is 0 Å². The van der Waals surface area contributed by atoms with Gasteiger partial charge in [0, 0.05) is 13.0 Å². The van der Waals surface area contributed by atoms with Crippen LogP contribution in [0.2, 0.25) is 0 Å². The molecule has 4 aliphatic carbocycles. The molecule has 3 fully saturated rings. The molecule has 4 aliphatic rings. The Balaban J connectivity index is 1.75. The van der Waals surface area contributed by atoms with Crippen LogP contribution in [0.15, 0.2) is 24.3 Å². The van der Waals surface area contributed by atoms with Gasteiger partial charge in [0.2, 0.25) is 0 Å². The van der Waals surface area contributed by atoms with Crippen LogP contribution in [0.1, 0.15) is 48.6 Å². The fourth-order valence-corrected chi connectivity index (χ4v) is 6.44. The first-order valence-corrected chi connectivity index (χ1v) is 7.50. The lowest BCUT2D eigenvalue weighted by Gasteiger charge is -2.46. The topological polar surface area (TPSA) is 9.23 Å². The third-order valence-corrected chi connectivity index (χ3v) is 6.73. The molecular formula is C17H20O. The Bertz CT molecular complexity index is 522. The van der Waals surface area contributed by atoms with Crippen molar-refractivity contribution in [1.29, 1.82) is 0 Å². The lowest BCUT2D eigenvalue weighted by Crippen LogP contribution is -2.48. The van der Waals surface area contributed by atoms with E-state index in [0.717, 1.165) is 23.7 Å². The molecule has 94 valence electrons. The smallest absolute Gasteiger partial charge is 0.0811 e. The number of benzene rings is 1. The van der Waals surface area contributed by atoms with Crippen molar-refractivity contribution in [3.8, 4) is 0 Å². The quantitative estimate of drug-likeness (QED) is 0.680. The van der Waals surface area contributed by atoms with Crippen LogP contribution < -0.4 is 0 Å². The number of methoxy groups -OCH3 is 1. The van der Waals surface area contributed by atoms with Crippen LogP contribution in [0.3, 0.4) is 0 Å². The zero-order valence-corrected chi connectivity index (χ0v) is 10.9. The molecule has 0 saturated heterocycles. The van der Waals surface area contributed by atoms with Crippen molar-refractivity contribution >= 4 is 0 Å². The number of fused-ring (bicyclic) bond motifs is 12. The highest BCUT2D eigenvalue weighted by atomic mass is 16.5. The van der Waals surface area contributed by atoms with Gasteiger partial charge in [-0.25, -0.2) is 0 Å². The summed E-state index contributed by atoms with van der Waals surface area (Å²) in [6.45, 7) is 0. The highest BCUT2D eigenvalue weighted by Crippen LogP contribution is 2.74. The summed E-state index contributed by atoms with van der Waals surface area (Å²) < 4.78 is 6.25. The molecule has 0 aliphatic heterocycles. The van der Waals surface area contributed by atoms with Crippen molar-refractivity contribution in [1.82, 2.24) is 0 Å². The summed E-state index contributed by atoms with van der Waals surface area (Å²) in [5.74, 6) is 4.14.